The lowest BCUT2D eigenvalue weighted by Gasteiger charge is -2.36. The number of nitrogens with zero attached hydrogens (tertiary/aromatic N) is 4. The Hall–Kier alpha value is -2.31. The molecule has 2 aliphatic rings. The largest absolute Gasteiger partial charge is 0.365 e. The highest BCUT2D eigenvalue weighted by Gasteiger charge is 2.42. The highest BCUT2D eigenvalue weighted by molar-refractivity contribution is 5.78. The summed E-state index contributed by atoms with van der Waals surface area (Å²) in [6, 6.07) is 8.08. The smallest absolute Gasteiger partial charge is 0.249 e. The third-order valence-electron chi connectivity index (χ3n) is 4.69. The fourth-order valence-corrected chi connectivity index (χ4v) is 3.51. The van der Waals surface area contributed by atoms with Crippen LogP contribution in [0.3, 0.4) is 0 Å². The molecule has 0 aliphatic carbocycles. The predicted molar refractivity (Wildman–Crippen MR) is 87.8 cm³/mol. The number of carbonyl (C=O) groups excluding carboxylic acids is 1. The van der Waals surface area contributed by atoms with Gasteiger partial charge in [0, 0.05) is 51.0 Å². The zero-order valence-electron chi connectivity index (χ0n) is 13.4. The molecule has 6 heteroatoms. The fourth-order valence-electron chi connectivity index (χ4n) is 3.51. The van der Waals surface area contributed by atoms with Gasteiger partial charge in [-0.2, -0.15) is 0 Å². The van der Waals surface area contributed by atoms with Crippen LogP contribution in [0.5, 0.6) is 0 Å². The van der Waals surface area contributed by atoms with Crippen molar-refractivity contribution in [2.45, 2.75) is 25.2 Å². The molecule has 2 aromatic heterocycles. The van der Waals surface area contributed by atoms with Crippen molar-refractivity contribution in [2.75, 3.05) is 19.7 Å². The lowest BCUT2D eigenvalue weighted by Crippen LogP contribution is -2.53. The number of amides is 1. The Morgan fingerprint density at radius 2 is 1.92 bits per heavy atom. The molecule has 124 valence electrons. The van der Waals surface area contributed by atoms with Gasteiger partial charge in [0.1, 0.15) is 6.61 Å². The van der Waals surface area contributed by atoms with Crippen LogP contribution in [0, 0.1) is 0 Å². The molecule has 1 amide bonds. The van der Waals surface area contributed by atoms with Crippen LogP contribution in [0.25, 0.3) is 0 Å². The Kier molecular flexibility index (Phi) is 4.23. The number of hydrogen-bond donors (Lipinski definition) is 0. The maximum absolute atomic E-state index is 12.4. The Morgan fingerprint density at radius 3 is 2.71 bits per heavy atom. The van der Waals surface area contributed by atoms with Crippen molar-refractivity contribution in [2.24, 2.45) is 0 Å². The van der Waals surface area contributed by atoms with E-state index in [4.69, 9.17) is 4.74 Å². The van der Waals surface area contributed by atoms with Gasteiger partial charge in [-0.05, 0) is 29.3 Å². The third-order valence-corrected chi connectivity index (χ3v) is 4.69. The van der Waals surface area contributed by atoms with Gasteiger partial charge in [0.15, 0.2) is 0 Å². The van der Waals surface area contributed by atoms with Crippen LogP contribution in [0.4, 0.5) is 0 Å². The van der Waals surface area contributed by atoms with Gasteiger partial charge < -0.3 is 9.64 Å². The zero-order chi connectivity index (χ0) is 16.4. The Bertz CT molecular complexity index is 695. The first-order chi connectivity index (χ1) is 11.8. The summed E-state index contributed by atoms with van der Waals surface area (Å²) >= 11 is 0. The summed E-state index contributed by atoms with van der Waals surface area (Å²) in [6.07, 6.45) is 7.28. The van der Waals surface area contributed by atoms with Gasteiger partial charge in [0.25, 0.3) is 0 Å². The number of morpholine rings is 1. The molecule has 4 heterocycles. The summed E-state index contributed by atoms with van der Waals surface area (Å²) in [5, 5.41) is 0. The maximum atomic E-state index is 12.4. The Labute approximate surface area is 141 Å². The molecular weight excluding hydrogens is 304 g/mol. The number of carbonyl (C=O) groups is 1. The SMILES string of the molecule is O=C1COC2CN(Cc3ccncc3)CC2N1Cc1cccnc1. The molecule has 0 saturated carbocycles. The lowest BCUT2D eigenvalue weighted by molar-refractivity contribution is -0.153. The minimum atomic E-state index is 0.0610. The minimum Gasteiger partial charge on any atom is -0.365 e. The maximum Gasteiger partial charge on any atom is 0.249 e. The summed E-state index contributed by atoms with van der Waals surface area (Å²) < 4.78 is 5.79. The third kappa shape index (κ3) is 3.16. The van der Waals surface area contributed by atoms with E-state index in [9.17, 15) is 4.79 Å². The molecule has 6 nitrogen and oxygen atoms in total. The number of pyridine rings is 2. The van der Waals surface area contributed by atoms with Gasteiger partial charge in [-0.15, -0.1) is 0 Å². The molecule has 2 aromatic rings. The molecule has 2 unspecified atom stereocenters. The number of ether oxygens (including phenoxy) is 1. The Balaban J connectivity index is 1.47. The zero-order valence-corrected chi connectivity index (χ0v) is 13.4. The van der Waals surface area contributed by atoms with Crippen LogP contribution in [0.15, 0.2) is 49.1 Å². The second-order valence-corrected chi connectivity index (χ2v) is 6.35. The molecule has 0 aromatic carbocycles. The average molecular weight is 324 g/mol. The average Bonchev–Trinajstić information content (AvgIpc) is 3.02. The van der Waals surface area contributed by atoms with E-state index in [-0.39, 0.29) is 24.7 Å². The van der Waals surface area contributed by atoms with Crippen LogP contribution in [0.2, 0.25) is 0 Å². The van der Waals surface area contributed by atoms with E-state index < -0.39 is 0 Å². The highest BCUT2D eigenvalue weighted by Crippen LogP contribution is 2.26. The quantitative estimate of drug-likeness (QED) is 0.842. The molecule has 0 N–H and O–H groups in total. The van der Waals surface area contributed by atoms with Crippen molar-refractivity contribution in [3.05, 3.63) is 60.2 Å². The lowest BCUT2D eigenvalue weighted by atomic mass is 10.1. The van der Waals surface area contributed by atoms with E-state index in [1.165, 1.54) is 5.56 Å². The van der Waals surface area contributed by atoms with Crippen LogP contribution in [-0.2, 0) is 22.6 Å². The number of aromatic nitrogens is 2. The number of likely N-dealkylation sites (tertiary alicyclic amines) is 1. The molecule has 0 radical (unpaired) electrons. The molecule has 2 saturated heterocycles. The van der Waals surface area contributed by atoms with Gasteiger partial charge in [-0.3, -0.25) is 19.7 Å². The second-order valence-electron chi connectivity index (χ2n) is 6.35. The first-order valence-electron chi connectivity index (χ1n) is 8.21. The molecule has 0 spiro atoms. The number of fused-ring (bicyclic) bond motifs is 1. The van der Waals surface area contributed by atoms with Gasteiger partial charge in [0.05, 0.1) is 12.1 Å². The van der Waals surface area contributed by atoms with Crippen molar-refractivity contribution in [3.8, 4) is 0 Å². The van der Waals surface area contributed by atoms with Crippen LogP contribution in [0.1, 0.15) is 11.1 Å². The summed E-state index contributed by atoms with van der Waals surface area (Å²) in [6.45, 7) is 3.31. The van der Waals surface area contributed by atoms with Crippen molar-refractivity contribution < 1.29 is 9.53 Å². The number of hydrogen-bond acceptors (Lipinski definition) is 5. The summed E-state index contributed by atoms with van der Waals surface area (Å²) in [5.74, 6) is 0.0610. The summed E-state index contributed by atoms with van der Waals surface area (Å²) in [5.41, 5.74) is 2.29. The fraction of sp³-hybridized carbons (Fsp3) is 0.389. The summed E-state index contributed by atoms with van der Waals surface area (Å²) in [7, 11) is 0. The van der Waals surface area contributed by atoms with Gasteiger partial charge in [0.2, 0.25) is 5.91 Å². The molecule has 2 aliphatic heterocycles. The van der Waals surface area contributed by atoms with Crippen molar-refractivity contribution in [1.82, 2.24) is 19.8 Å². The van der Waals surface area contributed by atoms with Crippen LogP contribution >= 0.6 is 0 Å². The van der Waals surface area contributed by atoms with Crippen LogP contribution < -0.4 is 0 Å². The van der Waals surface area contributed by atoms with E-state index in [1.807, 2.05) is 47.8 Å². The topological polar surface area (TPSA) is 58.6 Å². The van der Waals surface area contributed by atoms with E-state index in [0.29, 0.717) is 6.54 Å². The van der Waals surface area contributed by atoms with E-state index in [0.717, 1.165) is 25.2 Å². The minimum absolute atomic E-state index is 0.0610. The normalized spacial score (nSPS) is 24.2. The van der Waals surface area contributed by atoms with Crippen LogP contribution in [-0.4, -0.2) is 57.5 Å². The van der Waals surface area contributed by atoms with Gasteiger partial charge in [-0.25, -0.2) is 0 Å². The Morgan fingerprint density at radius 1 is 1.04 bits per heavy atom. The molecule has 2 fully saturated rings. The predicted octanol–water partition coefficient (Wildman–Crippen LogP) is 1.09. The van der Waals surface area contributed by atoms with E-state index >= 15 is 0 Å². The van der Waals surface area contributed by atoms with Gasteiger partial charge in [-0.1, -0.05) is 6.07 Å². The molecular formula is C18H20N4O2. The highest BCUT2D eigenvalue weighted by atomic mass is 16.5. The first kappa shape index (κ1) is 15.2. The standard InChI is InChI=1S/C18H20N4O2/c23-18-13-24-17-12-21(9-14-3-6-19-7-4-14)11-16(17)22(18)10-15-2-1-5-20-8-15/h1-8,16-17H,9-13H2. The molecule has 24 heavy (non-hydrogen) atoms. The first-order valence-corrected chi connectivity index (χ1v) is 8.21. The summed E-state index contributed by atoms with van der Waals surface area (Å²) in [4.78, 5) is 24.9. The second kappa shape index (κ2) is 6.67. The van der Waals surface area contributed by atoms with E-state index in [1.54, 1.807) is 6.20 Å². The monoisotopic (exact) mass is 324 g/mol. The van der Waals surface area contributed by atoms with Crippen molar-refractivity contribution >= 4 is 5.91 Å². The van der Waals surface area contributed by atoms with Gasteiger partial charge >= 0.3 is 0 Å². The number of rotatable bonds is 4. The van der Waals surface area contributed by atoms with Crippen molar-refractivity contribution in [1.29, 1.82) is 0 Å². The van der Waals surface area contributed by atoms with Crippen molar-refractivity contribution in [3.63, 3.8) is 0 Å². The molecule has 2 atom stereocenters. The molecule has 4 rings (SSSR count). The van der Waals surface area contributed by atoms with E-state index in [2.05, 4.69) is 14.9 Å². The molecule has 0 bridgehead atoms.